The summed E-state index contributed by atoms with van der Waals surface area (Å²) in [6.07, 6.45) is 2.06. The van der Waals surface area contributed by atoms with Gasteiger partial charge in [-0.05, 0) is 49.5 Å². The van der Waals surface area contributed by atoms with Crippen LogP contribution in [0.1, 0.15) is 39.1 Å². The number of nitrogens with zero attached hydrogens (tertiary/aromatic N) is 2. The fourth-order valence-corrected chi connectivity index (χ4v) is 4.03. The van der Waals surface area contributed by atoms with Crippen LogP contribution in [0.25, 0.3) is 0 Å². The molecular weight excluding hydrogens is 366 g/mol. The Morgan fingerprint density at radius 2 is 1.48 bits per heavy atom. The number of nitrogens with one attached hydrogen (secondary N) is 1. The second kappa shape index (κ2) is 8.57. The minimum atomic E-state index is -0.394. The van der Waals surface area contributed by atoms with Crippen molar-refractivity contribution in [3.05, 3.63) is 71.3 Å². The zero-order chi connectivity index (χ0) is 20.2. The summed E-state index contributed by atoms with van der Waals surface area (Å²) in [5.74, 6) is -0.649. The molecule has 29 heavy (non-hydrogen) atoms. The van der Waals surface area contributed by atoms with Gasteiger partial charge in [0, 0.05) is 13.1 Å². The quantitative estimate of drug-likeness (QED) is 0.768. The van der Waals surface area contributed by atoms with Gasteiger partial charge in [0.15, 0.2) is 0 Å². The van der Waals surface area contributed by atoms with Crippen LogP contribution in [0.4, 0.5) is 0 Å². The molecule has 6 nitrogen and oxygen atoms in total. The van der Waals surface area contributed by atoms with E-state index in [1.165, 1.54) is 5.56 Å². The summed E-state index contributed by atoms with van der Waals surface area (Å²) in [6.45, 7) is 3.34. The van der Waals surface area contributed by atoms with Crippen molar-refractivity contribution < 1.29 is 14.4 Å². The van der Waals surface area contributed by atoms with Gasteiger partial charge in [0.25, 0.3) is 11.8 Å². The van der Waals surface area contributed by atoms with Gasteiger partial charge >= 0.3 is 0 Å². The van der Waals surface area contributed by atoms with Gasteiger partial charge in [0.2, 0.25) is 5.91 Å². The smallest absolute Gasteiger partial charge is 0.262 e. The summed E-state index contributed by atoms with van der Waals surface area (Å²) in [4.78, 5) is 40.5. The van der Waals surface area contributed by atoms with Crippen molar-refractivity contribution in [3.8, 4) is 0 Å². The number of benzene rings is 2. The Labute approximate surface area is 170 Å². The minimum Gasteiger partial charge on any atom is -0.354 e. The Hall–Kier alpha value is -2.99. The highest BCUT2D eigenvalue weighted by Gasteiger charge is 2.36. The molecule has 2 aliphatic heterocycles. The lowest BCUT2D eigenvalue weighted by Gasteiger charge is -2.32. The minimum absolute atomic E-state index is 0.223. The predicted molar refractivity (Wildman–Crippen MR) is 109 cm³/mol. The lowest BCUT2D eigenvalue weighted by molar-refractivity contribution is -0.121. The molecule has 0 saturated carbocycles. The molecule has 1 saturated heterocycles. The molecule has 0 unspecified atom stereocenters. The van der Waals surface area contributed by atoms with Crippen molar-refractivity contribution in [1.29, 1.82) is 0 Å². The molecule has 2 aromatic carbocycles. The number of hydrogen-bond donors (Lipinski definition) is 1. The second-order valence-electron chi connectivity index (χ2n) is 7.75. The molecule has 6 heteroatoms. The first-order valence-corrected chi connectivity index (χ1v) is 10.1. The Morgan fingerprint density at radius 1 is 0.897 bits per heavy atom. The molecule has 4 rings (SSSR count). The van der Waals surface area contributed by atoms with Gasteiger partial charge in [-0.2, -0.15) is 0 Å². The number of fused-ring (bicyclic) bond motifs is 1. The first-order valence-electron chi connectivity index (χ1n) is 10.1. The zero-order valence-electron chi connectivity index (χ0n) is 16.3. The highest BCUT2D eigenvalue weighted by molar-refractivity contribution is 6.22. The van der Waals surface area contributed by atoms with Crippen LogP contribution in [0.3, 0.4) is 0 Å². The monoisotopic (exact) mass is 391 g/mol. The van der Waals surface area contributed by atoms with Crippen LogP contribution in [0.5, 0.6) is 0 Å². The SMILES string of the molecule is O=C(CN1C(=O)c2ccccc2C1=O)NCC1CCN(Cc2ccccc2)CC1. The molecule has 2 aromatic rings. The first-order chi connectivity index (χ1) is 14.1. The third-order valence-corrected chi connectivity index (χ3v) is 5.72. The molecule has 2 heterocycles. The van der Waals surface area contributed by atoms with E-state index in [-0.39, 0.29) is 12.5 Å². The zero-order valence-corrected chi connectivity index (χ0v) is 16.3. The lowest BCUT2D eigenvalue weighted by Crippen LogP contribution is -2.43. The average molecular weight is 391 g/mol. The van der Waals surface area contributed by atoms with Crippen molar-refractivity contribution in [3.63, 3.8) is 0 Å². The maximum absolute atomic E-state index is 12.4. The molecule has 3 amide bonds. The number of likely N-dealkylation sites (tertiary alicyclic amines) is 1. The van der Waals surface area contributed by atoms with Crippen molar-refractivity contribution in [2.75, 3.05) is 26.2 Å². The molecule has 1 fully saturated rings. The van der Waals surface area contributed by atoms with Crippen molar-refractivity contribution in [2.24, 2.45) is 5.92 Å². The molecule has 1 N–H and O–H groups in total. The fraction of sp³-hybridized carbons (Fsp3) is 0.348. The molecule has 0 atom stereocenters. The Bertz CT molecular complexity index is 870. The number of hydrogen-bond acceptors (Lipinski definition) is 4. The predicted octanol–water partition coefficient (Wildman–Crippen LogP) is 2.31. The van der Waals surface area contributed by atoms with Crippen LogP contribution < -0.4 is 5.32 Å². The molecule has 0 spiro atoms. The largest absolute Gasteiger partial charge is 0.354 e. The summed E-state index contributed by atoms with van der Waals surface area (Å²) < 4.78 is 0. The number of carbonyl (C=O) groups is 3. The van der Waals surface area contributed by atoms with Gasteiger partial charge in [0.1, 0.15) is 6.54 Å². The van der Waals surface area contributed by atoms with Crippen molar-refractivity contribution in [1.82, 2.24) is 15.1 Å². The fourth-order valence-electron chi connectivity index (χ4n) is 4.03. The maximum Gasteiger partial charge on any atom is 0.262 e. The molecule has 0 bridgehead atoms. The van der Waals surface area contributed by atoms with E-state index in [0.717, 1.165) is 37.4 Å². The Kier molecular flexibility index (Phi) is 5.71. The van der Waals surface area contributed by atoms with Crippen LogP contribution in [-0.2, 0) is 11.3 Å². The Balaban J connectivity index is 1.21. The van der Waals surface area contributed by atoms with E-state index in [1.54, 1.807) is 24.3 Å². The topological polar surface area (TPSA) is 69.7 Å². The van der Waals surface area contributed by atoms with Crippen LogP contribution in [0, 0.1) is 5.92 Å². The van der Waals surface area contributed by atoms with Crippen LogP contribution in [0.2, 0.25) is 0 Å². The van der Waals surface area contributed by atoms with E-state index in [1.807, 2.05) is 6.07 Å². The van der Waals surface area contributed by atoms with E-state index in [4.69, 9.17) is 0 Å². The number of imide groups is 1. The highest BCUT2D eigenvalue weighted by atomic mass is 16.2. The number of amides is 3. The van der Waals surface area contributed by atoms with Crippen molar-refractivity contribution in [2.45, 2.75) is 19.4 Å². The maximum atomic E-state index is 12.4. The van der Waals surface area contributed by atoms with Crippen LogP contribution in [-0.4, -0.2) is 53.7 Å². The molecule has 2 aliphatic rings. The highest BCUT2D eigenvalue weighted by Crippen LogP contribution is 2.22. The van der Waals surface area contributed by atoms with E-state index in [2.05, 4.69) is 34.5 Å². The first kappa shape index (κ1) is 19.3. The molecule has 150 valence electrons. The summed E-state index contributed by atoms with van der Waals surface area (Å²) in [5.41, 5.74) is 2.06. The Morgan fingerprint density at radius 3 is 2.10 bits per heavy atom. The van der Waals surface area contributed by atoms with Gasteiger partial charge in [-0.1, -0.05) is 42.5 Å². The van der Waals surface area contributed by atoms with Gasteiger partial charge < -0.3 is 5.32 Å². The van der Waals surface area contributed by atoms with E-state index >= 15 is 0 Å². The van der Waals surface area contributed by atoms with Gasteiger partial charge in [-0.25, -0.2) is 0 Å². The standard InChI is InChI=1S/C23H25N3O3/c27-21(16-26-22(28)19-8-4-5-9-20(19)23(26)29)24-14-17-10-12-25(13-11-17)15-18-6-2-1-3-7-18/h1-9,17H,10-16H2,(H,24,27). The van der Waals surface area contributed by atoms with Gasteiger partial charge in [-0.3, -0.25) is 24.2 Å². The van der Waals surface area contributed by atoms with Crippen LogP contribution >= 0.6 is 0 Å². The molecular formula is C23H25N3O3. The van der Waals surface area contributed by atoms with Gasteiger partial charge in [0.05, 0.1) is 11.1 Å². The summed E-state index contributed by atoms with van der Waals surface area (Å²) in [6, 6.07) is 17.1. The van der Waals surface area contributed by atoms with E-state index < -0.39 is 11.8 Å². The number of rotatable bonds is 6. The number of piperidine rings is 1. The van der Waals surface area contributed by atoms with Gasteiger partial charge in [-0.15, -0.1) is 0 Å². The summed E-state index contributed by atoms with van der Waals surface area (Å²) >= 11 is 0. The summed E-state index contributed by atoms with van der Waals surface area (Å²) in [7, 11) is 0. The normalized spacial score (nSPS) is 17.4. The summed E-state index contributed by atoms with van der Waals surface area (Å²) in [5, 5.41) is 2.91. The van der Waals surface area contributed by atoms with Crippen LogP contribution in [0.15, 0.2) is 54.6 Å². The number of carbonyl (C=O) groups excluding carboxylic acids is 3. The average Bonchev–Trinajstić information content (AvgIpc) is 2.99. The van der Waals surface area contributed by atoms with E-state index in [9.17, 15) is 14.4 Å². The second-order valence-corrected chi connectivity index (χ2v) is 7.75. The van der Waals surface area contributed by atoms with E-state index in [0.29, 0.717) is 23.6 Å². The third kappa shape index (κ3) is 4.38. The lowest BCUT2D eigenvalue weighted by atomic mass is 9.96. The third-order valence-electron chi connectivity index (χ3n) is 5.72. The molecule has 0 aromatic heterocycles. The van der Waals surface area contributed by atoms with Crippen molar-refractivity contribution >= 4 is 17.7 Å². The molecule has 0 aliphatic carbocycles. The molecule has 0 radical (unpaired) electrons.